The van der Waals surface area contributed by atoms with Gasteiger partial charge in [0.05, 0.1) is 35.4 Å². The molecular weight excluding hydrogens is 384 g/mol. The standard InChI is InChI=1S/C19H18N2O6S/c1-9-16(19(25)26-3)10(2)20-17(9)13(22)7-27-18(24)11-4-5-14-12(6-11)21-15(23)8-28-14/h4-6,20H,7-8H2,1-3H3,(H,21,23). The summed E-state index contributed by atoms with van der Waals surface area (Å²) < 4.78 is 9.82. The molecule has 0 fully saturated rings. The number of thioether (sulfide) groups is 1. The minimum Gasteiger partial charge on any atom is -0.465 e. The van der Waals surface area contributed by atoms with Gasteiger partial charge >= 0.3 is 11.9 Å². The predicted octanol–water partition coefficient (Wildman–Crippen LogP) is 2.50. The van der Waals surface area contributed by atoms with E-state index < -0.39 is 24.3 Å². The number of nitrogens with one attached hydrogen (secondary N) is 2. The highest BCUT2D eigenvalue weighted by molar-refractivity contribution is 8.00. The number of amides is 1. The molecule has 0 aliphatic carbocycles. The van der Waals surface area contributed by atoms with Crippen molar-refractivity contribution in [2.75, 3.05) is 24.8 Å². The van der Waals surface area contributed by atoms with Gasteiger partial charge in [-0.2, -0.15) is 0 Å². The number of esters is 2. The van der Waals surface area contributed by atoms with Crippen LogP contribution in [0.25, 0.3) is 0 Å². The maximum atomic E-state index is 12.4. The Hall–Kier alpha value is -3.07. The van der Waals surface area contributed by atoms with Crippen molar-refractivity contribution in [2.45, 2.75) is 18.7 Å². The number of carbonyl (C=O) groups excluding carboxylic acids is 4. The Morgan fingerprint density at radius 3 is 2.64 bits per heavy atom. The minimum atomic E-state index is -0.685. The summed E-state index contributed by atoms with van der Waals surface area (Å²) in [7, 11) is 1.26. The van der Waals surface area contributed by atoms with E-state index in [1.165, 1.54) is 24.9 Å². The maximum absolute atomic E-state index is 12.4. The van der Waals surface area contributed by atoms with Crippen LogP contribution in [0.1, 0.15) is 42.5 Å². The molecule has 9 heteroatoms. The quantitative estimate of drug-likeness (QED) is 0.583. The van der Waals surface area contributed by atoms with Crippen molar-refractivity contribution < 1.29 is 28.7 Å². The van der Waals surface area contributed by atoms with E-state index in [2.05, 4.69) is 10.3 Å². The third kappa shape index (κ3) is 3.79. The summed E-state index contributed by atoms with van der Waals surface area (Å²) in [6.45, 7) is 2.79. The van der Waals surface area contributed by atoms with Crippen LogP contribution >= 0.6 is 11.8 Å². The number of anilines is 1. The van der Waals surface area contributed by atoms with Gasteiger partial charge in [-0.3, -0.25) is 9.59 Å². The molecule has 2 aromatic rings. The van der Waals surface area contributed by atoms with Gasteiger partial charge in [0.25, 0.3) is 0 Å². The van der Waals surface area contributed by atoms with Crippen LogP contribution in [0.15, 0.2) is 23.1 Å². The molecule has 0 spiro atoms. The molecular formula is C19H18N2O6S. The van der Waals surface area contributed by atoms with E-state index in [4.69, 9.17) is 9.47 Å². The number of aromatic nitrogens is 1. The molecule has 0 saturated carbocycles. The lowest BCUT2D eigenvalue weighted by Crippen LogP contribution is -2.20. The van der Waals surface area contributed by atoms with Crippen molar-refractivity contribution in [3.05, 3.63) is 46.3 Å². The Balaban J connectivity index is 1.70. The zero-order valence-corrected chi connectivity index (χ0v) is 16.3. The maximum Gasteiger partial charge on any atom is 0.339 e. The topological polar surface area (TPSA) is 115 Å². The highest BCUT2D eigenvalue weighted by atomic mass is 32.2. The molecule has 0 bridgehead atoms. The number of ketones is 1. The van der Waals surface area contributed by atoms with E-state index in [0.717, 1.165) is 4.90 Å². The normalized spacial score (nSPS) is 12.8. The average molecular weight is 402 g/mol. The SMILES string of the molecule is COC(=O)c1c(C)[nH]c(C(=O)COC(=O)c2ccc3c(c2)NC(=O)CS3)c1C. The van der Waals surface area contributed by atoms with Gasteiger partial charge in [0.2, 0.25) is 11.7 Å². The van der Waals surface area contributed by atoms with E-state index >= 15 is 0 Å². The summed E-state index contributed by atoms with van der Waals surface area (Å²) in [5.41, 5.74) is 2.20. The predicted molar refractivity (Wildman–Crippen MR) is 102 cm³/mol. The number of rotatable bonds is 5. The Bertz CT molecular complexity index is 995. The monoisotopic (exact) mass is 402 g/mol. The first-order chi connectivity index (χ1) is 13.3. The smallest absolute Gasteiger partial charge is 0.339 e. The van der Waals surface area contributed by atoms with E-state index in [-0.39, 0.29) is 17.2 Å². The van der Waals surface area contributed by atoms with E-state index in [9.17, 15) is 19.2 Å². The summed E-state index contributed by atoms with van der Waals surface area (Å²) in [6.07, 6.45) is 0. The number of carbonyl (C=O) groups is 4. The lowest BCUT2D eigenvalue weighted by Gasteiger charge is -2.16. The fraction of sp³-hybridized carbons (Fsp3) is 0.263. The highest BCUT2D eigenvalue weighted by Crippen LogP contribution is 2.32. The number of methoxy groups -OCH3 is 1. The molecule has 2 heterocycles. The summed E-state index contributed by atoms with van der Waals surface area (Å²) in [4.78, 5) is 51.7. The Kier molecular flexibility index (Phi) is 5.55. The molecule has 0 saturated heterocycles. The first-order valence-electron chi connectivity index (χ1n) is 8.36. The van der Waals surface area contributed by atoms with Crippen LogP contribution in [-0.2, 0) is 14.3 Å². The summed E-state index contributed by atoms with van der Waals surface area (Å²) in [6, 6.07) is 4.82. The molecule has 146 valence electrons. The van der Waals surface area contributed by atoms with Crippen molar-refractivity contribution >= 4 is 41.1 Å². The van der Waals surface area contributed by atoms with Gasteiger partial charge in [0.1, 0.15) is 0 Å². The lowest BCUT2D eigenvalue weighted by molar-refractivity contribution is -0.113. The Morgan fingerprint density at radius 2 is 1.93 bits per heavy atom. The number of aromatic amines is 1. The van der Waals surface area contributed by atoms with Gasteiger partial charge in [-0.1, -0.05) is 0 Å². The number of Topliss-reactive ketones (excluding diaryl/α,β-unsaturated/α-hetero) is 1. The van der Waals surface area contributed by atoms with Gasteiger partial charge in [0.15, 0.2) is 6.61 Å². The molecule has 1 amide bonds. The fourth-order valence-corrected chi connectivity index (χ4v) is 3.72. The molecule has 28 heavy (non-hydrogen) atoms. The zero-order valence-electron chi connectivity index (χ0n) is 15.5. The average Bonchev–Trinajstić information content (AvgIpc) is 2.98. The van der Waals surface area contributed by atoms with Gasteiger partial charge in [-0.05, 0) is 37.6 Å². The second kappa shape index (κ2) is 7.89. The number of hydrogen-bond acceptors (Lipinski definition) is 7. The van der Waals surface area contributed by atoms with Crippen LogP contribution in [0.5, 0.6) is 0 Å². The number of fused-ring (bicyclic) bond motifs is 1. The molecule has 1 aromatic heterocycles. The first kappa shape index (κ1) is 19.7. The number of hydrogen-bond donors (Lipinski definition) is 2. The van der Waals surface area contributed by atoms with Crippen molar-refractivity contribution in [1.29, 1.82) is 0 Å². The second-order valence-corrected chi connectivity index (χ2v) is 7.18. The third-order valence-corrected chi connectivity index (χ3v) is 5.36. The Labute approximate surface area is 165 Å². The molecule has 2 N–H and O–H groups in total. The van der Waals surface area contributed by atoms with Crippen molar-refractivity contribution in [2.24, 2.45) is 0 Å². The molecule has 0 unspecified atom stereocenters. The number of benzene rings is 1. The van der Waals surface area contributed by atoms with E-state index in [1.807, 2.05) is 0 Å². The van der Waals surface area contributed by atoms with E-state index in [1.54, 1.807) is 26.0 Å². The van der Waals surface area contributed by atoms with E-state index in [0.29, 0.717) is 28.3 Å². The number of ether oxygens (including phenoxy) is 2. The van der Waals surface area contributed by atoms with Gasteiger partial charge in [0, 0.05) is 10.6 Å². The van der Waals surface area contributed by atoms with Gasteiger partial charge in [-0.15, -0.1) is 11.8 Å². The van der Waals surface area contributed by atoms with Gasteiger partial charge in [-0.25, -0.2) is 9.59 Å². The largest absolute Gasteiger partial charge is 0.465 e. The molecule has 0 atom stereocenters. The minimum absolute atomic E-state index is 0.141. The molecule has 3 rings (SSSR count). The summed E-state index contributed by atoms with van der Waals surface area (Å²) >= 11 is 1.38. The highest BCUT2D eigenvalue weighted by Gasteiger charge is 2.24. The fourth-order valence-electron chi connectivity index (χ4n) is 2.93. The second-order valence-electron chi connectivity index (χ2n) is 6.16. The van der Waals surface area contributed by atoms with Crippen LogP contribution in [0.4, 0.5) is 5.69 Å². The zero-order chi connectivity index (χ0) is 20.4. The molecule has 1 aliphatic heterocycles. The molecule has 1 aliphatic rings. The van der Waals surface area contributed by atoms with Crippen molar-refractivity contribution in [3.8, 4) is 0 Å². The van der Waals surface area contributed by atoms with Crippen LogP contribution in [0, 0.1) is 13.8 Å². The van der Waals surface area contributed by atoms with Crippen LogP contribution < -0.4 is 5.32 Å². The van der Waals surface area contributed by atoms with Gasteiger partial charge < -0.3 is 19.8 Å². The van der Waals surface area contributed by atoms with Crippen molar-refractivity contribution in [1.82, 2.24) is 4.98 Å². The van der Waals surface area contributed by atoms with Crippen LogP contribution in [-0.4, -0.2) is 48.1 Å². The lowest BCUT2D eigenvalue weighted by atomic mass is 10.1. The molecule has 0 radical (unpaired) electrons. The third-order valence-electron chi connectivity index (χ3n) is 4.29. The van der Waals surface area contributed by atoms with Crippen LogP contribution in [0.2, 0.25) is 0 Å². The summed E-state index contributed by atoms with van der Waals surface area (Å²) in [5.74, 6) is -1.51. The first-order valence-corrected chi connectivity index (χ1v) is 9.35. The Morgan fingerprint density at radius 1 is 1.18 bits per heavy atom. The van der Waals surface area contributed by atoms with Crippen LogP contribution in [0.3, 0.4) is 0 Å². The molecule has 8 nitrogen and oxygen atoms in total. The summed E-state index contributed by atoms with van der Waals surface area (Å²) in [5, 5.41) is 2.70. The number of aryl methyl sites for hydroxylation is 1. The number of H-pyrrole nitrogens is 1. The molecule has 1 aromatic carbocycles. The van der Waals surface area contributed by atoms with Crippen molar-refractivity contribution in [3.63, 3.8) is 0 Å².